The van der Waals surface area contributed by atoms with E-state index in [9.17, 15) is 5.11 Å². The molecule has 16 heavy (non-hydrogen) atoms. The van der Waals surface area contributed by atoms with Gasteiger partial charge in [0.05, 0.1) is 6.10 Å². The van der Waals surface area contributed by atoms with Gasteiger partial charge in [-0.1, -0.05) is 23.8 Å². The Balaban J connectivity index is 2.23. The summed E-state index contributed by atoms with van der Waals surface area (Å²) >= 11 is 1.72. The van der Waals surface area contributed by atoms with E-state index in [0.29, 0.717) is 0 Å². The normalized spacial score (nSPS) is 12.4. The molecule has 1 rings (SSSR count). The maximum absolute atomic E-state index is 9.74. The summed E-state index contributed by atoms with van der Waals surface area (Å²) in [5.74, 6) is 0.778. The lowest BCUT2D eigenvalue weighted by Gasteiger charge is -2.09. The summed E-state index contributed by atoms with van der Waals surface area (Å²) in [5.41, 5.74) is 1.27. The first kappa shape index (κ1) is 13.3. The average Bonchev–Trinajstić information content (AvgIpc) is 2.29. The van der Waals surface area contributed by atoms with Crippen LogP contribution in [0, 0.1) is 6.92 Å². The minimum absolute atomic E-state index is 0.203. The molecule has 88 valence electrons. The van der Waals surface area contributed by atoms with E-state index in [1.807, 2.05) is 6.08 Å². The Kier molecular flexibility index (Phi) is 6.27. The highest BCUT2D eigenvalue weighted by atomic mass is 32.2. The molecule has 0 radical (unpaired) electrons. The van der Waals surface area contributed by atoms with Crippen LogP contribution in [0.1, 0.15) is 24.8 Å². The van der Waals surface area contributed by atoms with Crippen LogP contribution in [0.25, 0.3) is 0 Å². The van der Waals surface area contributed by atoms with Crippen molar-refractivity contribution in [3.05, 3.63) is 42.5 Å². The number of hydrogen-bond donors (Lipinski definition) is 1. The number of allylic oxidation sites excluding steroid dienone is 1. The molecule has 0 spiro atoms. The maximum Gasteiger partial charge on any atom is 0.0634 e. The van der Waals surface area contributed by atoms with Crippen molar-refractivity contribution in [3.8, 4) is 0 Å². The molecular weight excluding hydrogens is 216 g/mol. The highest BCUT2D eigenvalue weighted by Gasteiger charge is 2.04. The maximum atomic E-state index is 9.74. The van der Waals surface area contributed by atoms with E-state index in [4.69, 9.17) is 0 Å². The third-order valence-corrected chi connectivity index (χ3v) is 3.57. The second kappa shape index (κ2) is 7.53. The molecule has 1 aromatic carbocycles. The van der Waals surface area contributed by atoms with Gasteiger partial charge >= 0.3 is 0 Å². The minimum atomic E-state index is -0.203. The SMILES string of the molecule is C=CCCCC(O)CSc1ccc(C)cc1. The van der Waals surface area contributed by atoms with E-state index >= 15 is 0 Å². The van der Waals surface area contributed by atoms with E-state index < -0.39 is 0 Å². The van der Waals surface area contributed by atoms with Gasteiger partial charge in [0.15, 0.2) is 0 Å². The summed E-state index contributed by atoms with van der Waals surface area (Å²) in [6, 6.07) is 8.42. The van der Waals surface area contributed by atoms with Crippen molar-refractivity contribution < 1.29 is 5.11 Å². The third kappa shape index (κ3) is 5.38. The minimum Gasteiger partial charge on any atom is -0.392 e. The molecule has 0 aliphatic heterocycles. The lowest BCUT2D eigenvalue weighted by Crippen LogP contribution is -2.09. The summed E-state index contributed by atoms with van der Waals surface area (Å²) in [7, 11) is 0. The molecule has 0 fully saturated rings. The first-order valence-electron chi connectivity index (χ1n) is 5.71. The summed E-state index contributed by atoms with van der Waals surface area (Å²) in [5, 5.41) is 9.74. The number of aliphatic hydroxyl groups is 1. The van der Waals surface area contributed by atoms with Crippen LogP contribution in [0.3, 0.4) is 0 Å². The van der Waals surface area contributed by atoms with Crippen LogP contribution in [0.2, 0.25) is 0 Å². The molecule has 2 heteroatoms. The quantitative estimate of drug-likeness (QED) is 0.441. The predicted molar refractivity (Wildman–Crippen MR) is 72.0 cm³/mol. The van der Waals surface area contributed by atoms with Crippen LogP contribution < -0.4 is 0 Å². The van der Waals surface area contributed by atoms with E-state index in [2.05, 4.69) is 37.8 Å². The monoisotopic (exact) mass is 236 g/mol. The fourth-order valence-electron chi connectivity index (χ4n) is 1.41. The zero-order chi connectivity index (χ0) is 11.8. The Morgan fingerprint density at radius 2 is 2.06 bits per heavy atom. The molecule has 0 saturated heterocycles. The van der Waals surface area contributed by atoms with Gasteiger partial charge in [-0.05, 0) is 38.3 Å². The number of aliphatic hydroxyl groups excluding tert-OH is 1. The van der Waals surface area contributed by atoms with Crippen LogP contribution in [0.4, 0.5) is 0 Å². The van der Waals surface area contributed by atoms with E-state index in [1.54, 1.807) is 11.8 Å². The van der Waals surface area contributed by atoms with E-state index in [0.717, 1.165) is 25.0 Å². The molecule has 0 aromatic heterocycles. The van der Waals surface area contributed by atoms with Crippen LogP contribution in [-0.2, 0) is 0 Å². The molecule has 0 amide bonds. The number of rotatable bonds is 7. The largest absolute Gasteiger partial charge is 0.392 e. The topological polar surface area (TPSA) is 20.2 Å². The van der Waals surface area contributed by atoms with Gasteiger partial charge in [0.1, 0.15) is 0 Å². The van der Waals surface area contributed by atoms with Crippen molar-refractivity contribution in [2.75, 3.05) is 5.75 Å². The Labute approximate surface area is 103 Å². The second-order valence-electron chi connectivity index (χ2n) is 4.00. The van der Waals surface area contributed by atoms with Crippen molar-refractivity contribution in [2.45, 2.75) is 37.2 Å². The molecular formula is C14H20OS. The fraction of sp³-hybridized carbons (Fsp3) is 0.429. The van der Waals surface area contributed by atoms with Gasteiger partial charge in [-0.15, -0.1) is 18.3 Å². The van der Waals surface area contributed by atoms with Gasteiger partial charge < -0.3 is 5.11 Å². The van der Waals surface area contributed by atoms with Crippen LogP contribution >= 0.6 is 11.8 Å². The number of thioether (sulfide) groups is 1. The fourth-order valence-corrected chi connectivity index (χ4v) is 2.29. The van der Waals surface area contributed by atoms with Crippen LogP contribution in [0.5, 0.6) is 0 Å². The Morgan fingerprint density at radius 3 is 2.69 bits per heavy atom. The van der Waals surface area contributed by atoms with Crippen LogP contribution in [-0.4, -0.2) is 17.0 Å². The Bertz CT molecular complexity index is 305. The molecule has 0 aliphatic rings. The van der Waals surface area contributed by atoms with E-state index in [-0.39, 0.29) is 6.10 Å². The zero-order valence-corrected chi connectivity index (χ0v) is 10.7. The van der Waals surface area contributed by atoms with Gasteiger partial charge in [0.25, 0.3) is 0 Å². The predicted octanol–water partition coefficient (Wildman–Crippen LogP) is 3.80. The number of unbranched alkanes of at least 4 members (excludes halogenated alkanes) is 1. The van der Waals surface area contributed by atoms with Crippen molar-refractivity contribution in [1.82, 2.24) is 0 Å². The first-order chi connectivity index (χ1) is 7.72. The molecule has 1 N–H and O–H groups in total. The third-order valence-electron chi connectivity index (χ3n) is 2.41. The molecule has 1 nitrogen and oxygen atoms in total. The molecule has 0 aliphatic carbocycles. The first-order valence-corrected chi connectivity index (χ1v) is 6.69. The standard InChI is InChI=1S/C14H20OS/c1-3-4-5-6-13(15)11-16-14-9-7-12(2)8-10-14/h3,7-10,13,15H,1,4-6,11H2,2H3. The summed E-state index contributed by atoms with van der Waals surface area (Å²) in [6.45, 7) is 5.75. The van der Waals surface area contributed by atoms with Gasteiger partial charge in [-0.3, -0.25) is 0 Å². The molecule has 0 heterocycles. The average molecular weight is 236 g/mol. The second-order valence-corrected chi connectivity index (χ2v) is 5.09. The summed E-state index contributed by atoms with van der Waals surface area (Å²) in [6.07, 6.45) is 4.59. The van der Waals surface area contributed by atoms with E-state index in [1.165, 1.54) is 10.5 Å². The van der Waals surface area contributed by atoms with Gasteiger partial charge in [0, 0.05) is 10.6 Å². The zero-order valence-electron chi connectivity index (χ0n) is 9.86. The van der Waals surface area contributed by atoms with Crippen molar-refractivity contribution in [2.24, 2.45) is 0 Å². The number of aryl methyl sites for hydroxylation is 1. The molecule has 1 atom stereocenters. The smallest absolute Gasteiger partial charge is 0.0634 e. The molecule has 0 saturated carbocycles. The lowest BCUT2D eigenvalue weighted by molar-refractivity contribution is 0.186. The Morgan fingerprint density at radius 1 is 1.38 bits per heavy atom. The van der Waals surface area contributed by atoms with Crippen LogP contribution in [0.15, 0.2) is 41.8 Å². The molecule has 1 aromatic rings. The lowest BCUT2D eigenvalue weighted by atomic mass is 10.2. The summed E-state index contributed by atoms with van der Waals surface area (Å²) < 4.78 is 0. The van der Waals surface area contributed by atoms with Crippen molar-refractivity contribution in [1.29, 1.82) is 0 Å². The number of benzene rings is 1. The Hall–Kier alpha value is -0.730. The highest BCUT2D eigenvalue weighted by molar-refractivity contribution is 7.99. The molecule has 1 unspecified atom stereocenters. The van der Waals surface area contributed by atoms with Gasteiger partial charge in [0.2, 0.25) is 0 Å². The highest BCUT2D eigenvalue weighted by Crippen LogP contribution is 2.20. The van der Waals surface area contributed by atoms with Gasteiger partial charge in [-0.2, -0.15) is 0 Å². The van der Waals surface area contributed by atoms with Crippen molar-refractivity contribution >= 4 is 11.8 Å². The van der Waals surface area contributed by atoms with Gasteiger partial charge in [-0.25, -0.2) is 0 Å². The molecule has 0 bridgehead atoms. The number of hydrogen-bond acceptors (Lipinski definition) is 2. The van der Waals surface area contributed by atoms with Crippen molar-refractivity contribution in [3.63, 3.8) is 0 Å². The summed E-state index contributed by atoms with van der Waals surface area (Å²) in [4.78, 5) is 1.23.